The summed E-state index contributed by atoms with van der Waals surface area (Å²) in [6.45, 7) is 0. The molecule has 19 heavy (non-hydrogen) atoms. The number of nitrogens with zero attached hydrogens (tertiary/aromatic N) is 2. The van der Waals surface area contributed by atoms with Crippen molar-refractivity contribution in [1.82, 2.24) is 14.4 Å². The molecule has 0 aliphatic rings. The number of pyridine rings is 1. The van der Waals surface area contributed by atoms with Crippen molar-refractivity contribution in [2.45, 2.75) is 0 Å². The molecule has 6 heteroatoms. The van der Waals surface area contributed by atoms with Crippen LogP contribution in [0.1, 0.15) is 0 Å². The Labute approximate surface area is 116 Å². The van der Waals surface area contributed by atoms with Gasteiger partial charge in [0, 0.05) is 6.20 Å². The van der Waals surface area contributed by atoms with Crippen LogP contribution in [0.2, 0.25) is 0 Å². The van der Waals surface area contributed by atoms with E-state index in [1.54, 1.807) is 6.07 Å². The zero-order chi connectivity index (χ0) is 13.0. The second-order valence-electron chi connectivity index (χ2n) is 4.17. The summed E-state index contributed by atoms with van der Waals surface area (Å²) >= 11 is 6.76. The molecular weight excluding hydrogens is 278 g/mol. The first-order valence-corrected chi connectivity index (χ1v) is 6.90. The fourth-order valence-electron chi connectivity index (χ4n) is 2.24. The van der Waals surface area contributed by atoms with Crippen LogP contribution in [-0.4, -0.2) is 14.4 Å². The molecule has 1 N–H and O–H groups in total. The van der Waals surface area contributed by atoms with Crippen LogP contribution in [0.25, 0.3) is 26.2 Å². The van der Waals surface area contributed by atoms with Crippen molar-refractivity contribution >= 4 is 49.8 Å². The smallest absolute Gasteiger partial charge is 0.281 e. The summed E-state index contributed by atoms with van der Waals surface area (Å²) in [5.74, 6) is 0. The van der Waals surface area contributed by atoms with Crippen molar-refractivity contribution in [2.75, 3.05) is 0 Å². The molecule has 0 atom stereocenters. The van der Waals surface area contributed by atoms with E-state index in [0.29, 0.717) is 10.3 Å². The van der Waals surface area contributed by atoms with Crippen molar-refractivity contribution in [3.05, 3.63) is 51.4 Å². The molecule has 4 aromatic rings. The van der Waals surface area contributed by atoms with E-state index in [2.05, 4.69) is 9.97 Å². The Balaban J connectivity index is 2.46. The summed E-state index contributed by atoms with van der Waals surface area (Å²) in [5.41, 5.74) is 1.53. The van der Waals surface area contributed by atoms with Gasteiger partial charge in [0.15, 0.2) is 4.96 Å². The zero-order valence-corrected chi connectivity index (χ0v) is 11.2. The Kier molecular flexibility index (Phi) is 2.12. The summed E-state index contributed by atoms with van der Waals surface area (Å²) in [4.78, 5) is 20.0. The predicted octanol–water partition coefficient (Wildman–Crippen LogP) is 3.12. The normalized spacial score (nSPS) is 11.6. The van der Waals surface area contributed by atoms with Gasteiger partial charge in [-0.05, 0) is 18.2 Å². The second kappa shape index (κ2) is 3.72. The molecule has 0 unspecified atom stereocenters. The third kappa shape index (κ3) is 1.41. The Bertz CT molecular complexity index is 1060. The molecule has 0 aliphatic carbocycles. The largest absolute Gasteiger partial charge is 0.346 e. The average molecular weight is 285 g/mol. The average Bonchev–Trinajstić information content (AvgIpc) is 2.79. The monoisotopic (exact) mass is 285 g/mol. The van der Waals surface area contributed by atoms with Gasteiger partial charge >= 0.3 is 0 Å². The van der Waals surface area contributed by atoms with Crippen LogP contribution in [-0.2, 0) is 0 Å². The number of rotatable bonds is 0. The van der Waals surface area contributed by atoms with E-state index in [1.165, 1.54) is 11.3 Å². The minimum absolute atomic E-state index is 0.201. The Morgan fingerprint density at radius 2 is 2.11 bits per heavy atom. The van der Waals surface area contributed by atoms with Crippen LogP contribution in [0.4, 0.5) is 0 Å². The maximum absolute atomic E-state index is 12.0. The van der Waals surface area contributed by atoms with Crippen molar-refractivity contribution < 1.29 is 0 Å². The molecule has 0 bridgehead atoms. The van der Waals surface area contributed by atoms with E-state index in [-0.39, 0.29) is 5.56 Å². The molecule has 4 rings (SSSR count). The molecule has 0 fully saturated rings. The number of aromatic nitrogens is 3. The highest BCUT2D eigenvalue weighted by molar-refractivity contribution is 7.72. The van der Waals surface area contributed by atoms with Gasteiger partial charge in [0.25, 0.3) is 5.56 Å². The Morgan fingerprint density at radius 3 is 3.00 bits per heavy atom. The lowest BCUT2D eigenvalue weighted by molar-refractivity contribution is 1.18. The first-order valence-electron chi connectivity index (χ1n) is 5.67. The van der Waals surface area contributed by atoms with Gasteiger partial charge in [-0.3, -0.25) is 9.20 Å². The molecule has 0 aliphatic heterocycles. The van der Waals surface area contributed by atoms with E-state index in [4.69, 9.17) is 12.2 Å². The van der Waals surface area contributed by atoms with Crippen LogP contribution in [0.5, 0.6) is 0 Å². The van der Waals surface area contributed by atoms with Gasteiger partial charge in [-0.15, -0.1) is 0 Å². The molecule has 0 saturated carbocycles. The van der Waals surface area contributed by atoms with Crippen LogP contribution in [0, 0.1) is 4.51 Å². The number of H-pyrrole nitrogens is 1. The van der Waals surface area contributed by atoms with Crippen LogP contribution in [0.3, 0.4) is 0 Å². The second-order valence-corrected chi connectivity index (χ2v) is 5.59. The van der Waals surface area contributed by atoms with Crippen molar-refractivity contribution in [2.24, 2.45) is 0 Å². The number of hydrogen-bond donors (Lipinski definition) is 1. The molecule has 3 aromatic heterocycles. The third-order valence-corrected chi connectivity index (χ3v) is 4.62. The highest BCUT2D eigenvalue weighted by atomic mass is 32.1. The van der Waals surface area contributed by atoms with E-state index < -0.39 is 0 Å². The number of benzene rings is 1. The molecule has 0 saturated heterocycles. The first-order chi connectivity index (χ1) is 9.25. The molecule has 1 aromatic carbocycles. The van der Waals surface area contributed by atoms with Crippen LogP contribution in [0.15, 0.2) is 41.3 Å². The van der Waals surface area contributed by atoms with Crippen molar-refractivity contribution in [3.8, 4) is 0 Å². The van der Waals surface area contributed by atoms with E-state index in [9.17, 15) is 4.79 Å². The van der Waals surface area contributed by atoms with Gasteiger partial charge in [0.05, 0.1) is 20.1 Å². The zero-order valence-electron chi connectivity index (χ0n) is 9.58. The number of para-hydroxylation sites is 1. The summed E-state index contributed by atoms with van der Waals surface area (Å²) < 4.78 is 3.66. The van der Waals surface area contributed by atoms with Gasteiger partial charge in [0.1, 0.15) is 5.65 Å². The fourth-order valence-corrected chi connectivity index (χ4v) is 3.54. The maximum Gasteiger partial charge on any atom is 0.281 e. The number of fused-ring (bicyclic) bond motifs is 5. The van der Waals surface area contributed by atoms with Gasteiger partial charge in [-0.25, -0.2) is 0 Å². The minimum atomic E-state index is -0.201. The van der Waals surface area contributed by atoms with E-state index in [0.717, 1.165) is 20.4 Å². The third-order valence-electron chi connectivity index (χ3n) is 3.07. The van der Waals surface area contributed by atoms with Crippen LogP contribution < -0.4 is 5.56 Å². The lowest BCUT2D eigenvalue weighted by atomic mass is 10.2. The van der Waals surface area contributed by atoms with Crippen molar-refractivity contribution in [1.29, 1.82) is 0 Å². The molecule has 4 nitrogen and oxygen atoms in total. The lowest BCUT2D eigenvalue weighted by Crippen LogP contribution is -2.08. The van der Waals surface area contributed by atoms with E-state index >= 15 is 0 Å². The standard InChI is InChI=1S/C13H7N3OS2/c17-12-7-3-1-2-4-8(7)16-11-10(19-13(16)15-12)9(18)5-6-14-11/h1-6H,(H,14,18). The predicted molar refractivity (Wildman–Crippen MR) is 79.5 cm³/mol. The number of hydrogen-bond acceptors (Lipinski definition) is 4. The fraction of sp³-hybridized carbons (Fsp3) is 0. The number of nitrogens with one attached hydrogen (secondary N) is 1. The summed E-state index contributed by atoms with van der Waals surface area (Å²) in [6, 6.07) is 9.30. The highest BCUT2D eigenvalue weighted by Crippen LogP contribution is 2.26. The molecule has 0 amide bonds. The minimum Gasteiger partial charge on any atom is -0.346 e. The molecular formula is C13H7N3OS2. The van der Waals surface area contributed by atoms with Crippen LogP contribution >= 0.6 is 23.6 Å². The quantitative estimate of drug-likeness (QED) is 0.505. The summed E-state index contributed by atoms with van der Waals surface area (Å²) in [6.07, 6.45) is 1.81. The van der Waals surface area contributed by atoms with Gasteiger partial charge < -0.3 is 4.98 Å². The molecule has 0 spiro atoms. The summed E-state index contributed by atoms with van der Waals surface area (Å²) in [7, 11) is 0. The number of thiazole rings is 1. The molecule has 3 heterocycles. The van der Waals surface area contributed by atoms with Gasteiger partial charge in [-0.1, -0.05) is 35.7 Å². The maximum atomic E-state index is 12.0. The SMILES string of the molecule is O=c1nc2sc3c(=S)cc[nH]c3n2c2ccccc12. The summed E-state index contributed by atoms with van der Waals surface area (Å²) in [5, 5.41) is 0.614. The van der Waals surface area contributed by atoms with Gasteiger partial charge in [0.2, 0.25) is 0 Å². The molecule has 0 radical (unpaired) electrons. The van der Waals surface area contributed by atoms with Crippen molar-refractivity contribution in [3.63, 3.8) is 0 Å². The molecule has 92 valence electrons. The van der Waals surface area contributed by atoms with Gasteiger partial charge in [-0.2, -0.15) is 4.98 Å². The number of aromatic amines is 1. The first kappa shape index (κ1) is 10.8. The highest BCUT2D eigenvalue weighted by Gasteiger charge is 2.11. The Hall–Kier alpha value is -2.05. The Morgan fingerprint density at radius 1 is 1.26 bits per heavy atom. The topological polar surface area (TPSA) is 50.2 Å². The lowest BCUT2D eigenvalue weighted by Gasteiger charge is -2.01. The van der Waals surface area contributed by atoms with E-state index in [1.807, 2.05) is 34.9 Å².